The topological polar surface area (TPSA) is 9.23 Å². The number of hydrogen-bond acceptors (Lipinski definition) is 1. The van der Waals surface area contributed by atoms with Crippen molar-refractivity contribution in [1.29, 1.82) is 0 Å². The largest absolute Gasteiger partial charge is 0.498 e. The predicted molar refractivity (Wildman–Crippen MR) is 40.3 cm³/mol. The average molecular weight is 128 g/mol. The van der Waals surface area contributed by atoms with Gasteiger partial charge >= 0.3 is 0 Å². The molecule has 1 heteroatoms. The van der Waals surface area contributed by atoms with Crippen molar-refractivity contribution in [3.63, 3.8) is 0 Å². The minimum absolute atomic E-state index is 0.486. The van der Waals surface area contributed by atoms with Crippen LogP contribution >= 0.6 is 0 Å². The summed E-state index contributed by atoms with van der Waals surface area (Å²) in [4.78, 5) is 0. The van der Waals surface area contributed by atoms with Crippen LogP contribution in [0.5, 0.6) is 0 Å². The van der Waals surface area contributed by atoms with Crippen LogP contribution in [-0.4, -0.2) is 6.10 Å². The highest BCUT2D eigenvalue weighted by atomic mass is 16.5. The van der Waals surface area contributed by atoms with E-state index >= 15 is 0 Å². The molecule has 1 heterocycles. The third kappa shape index (κ3) is 3.17. The molecule has 1 unspecified atom stereocenters. The van der Waals surface area contributed by atoms with Gasteiger partial charge in [-0.3, -0.25) is 0 Å². The van der Waals surface area contributed by atoms with Gasteiger partial charge in [0.2, 0.25) is 0 Å². The zero-order valence-electron chi connectivity index (χ0n) is 6.55. The van der Waals surface area contributed by atoms with E-state index in [1.54, 1.807) is 6.26 Å². The lowest BCUT2D eigenvalue weighted by atomic mass is 10.2. The van der Waals surface area contributed by atoms with E-state index in [1.165, 1.54) is 0 Å². The third-order valence-corrected chi connectivity index (χ3v) is 1.22. The first-order valence-corrected chi connectivity index (χ1v) is 3.74. The lowest BCUT2D eigenvalue weighted by Gasteiger charge is -2.03. The molecule has 0 radical (unpaired) electrons. The van der Waals surface area contributed by atoms with Crippen LogP contribution in [-0.2, 0) is 4.74 Å². The zero-order valence-corrected chi connectivity index (χ0v) is 6.55. The van der Waals surface area contributed by atoms with Crippen LogP contribution in [0.15, 0.2) is 12.3 Å². The first kappa shape index (κ1) is 8.54. The fourth-order valence-corrected chi connectivity index (χ4v) is 0.692. The van der Waals surface area contributed by atoms with Crippen LogP contribution in [0.2, 0.25) is 0 Å². The van der Waals surface area contributed by atoms with E-state index in [0.717, 1.165) is 12.8 Å². The Morgan fingerprint density at radius 1 is 1.56 bits per heavy atom. The van der Waals surface area contributed by atoms with E-state index in [0.29, 0.717) is 6.10 Å². The van der Waals surface area contributed by atoms with Crippen molar-refractivity contribution in [2.75, 3.05) is 0 Å². The minimum Gasteiger partial charge on any atom is -0.498 e. The molecule has 1 atom stereocenters. The van der Waals surface area contributed by atoms with Gasteiger partial charge in [0.25, 0.3) is 0 Å². The van der Waals surface area contributed by atoms with Crippen molar-refractivity contribution in [3.05, 3.63) is 12.3 Å². The maximum Gasteiger partial charge on any atom is 0.101 e. The Kier molecular flexibility index (Phi) is 5.38. The van der Waals surface area contributed by atoms with Crippen molar-refractivity contribution in [2.45, 2.75) is 39.7 Å². The highest BCUT2D eigenvalue weighted by molar-refractivity contribution is 4.85. The number of rotatable bonds is 1. The fraction of sp³-hybridized carbons (Fsp3) is 0.750. The molecule has 1 nitrogen and oxygen atoms in total. The monoisotopic (exact) mass is 128 g/mol. The molecule has 54 valence electrons. The smallest absolute Gasteiger partial charge is 0.101 e. The van der Waals surface area contributed by atoms with Crippen LogP contribution in [0.4, 0.5) is 0 Å². The molecule has 0 aromatic rings. The molecule has 0 fully saturated rings. The van der Waals surface area contributed by atoms with Gasteiger partial charge < -0.3 is 4.74 Å². The standard InChI is InChI=1S/C6H10O.C2H6/c1-2-6-4-3-5-7-6;1-2/h3,5-6H,2,4H2,1H3;1-2H3. The summed E-state index contributed by atoms with van der Waals surface area (Å²) in [5.74, 6) is 0. The van der Waals surface area contributed by atoms with E-state index in [9.17, 15) is 0 Å². The molecular formula is C8H16O. The molecular weight excluding hydrogens is 112 g/mol. The van der Waals surface area contributed by atoms with Gasteiger partial charge in [-0.2, -0.15) is 0 Å². The Hall–Kier alpha value is -0.460. The molecule has 0 aromatic heterocycles. The third-order valence-electron chi connectivity index (χ3n) is 1.22. The average Bonchev–Trinajstić information content (AvgIpc) is 2.43. The summed E-state index contributed by atoms with van der Waals surface area (Å²) < 4.78 is 5.12. The van der Waals surface area contributed by atoms with Gasteiger partial charge in [-0.05, 0) is 12.5 Å². The summed E-state index contributed by atoms with van der Waals surface area (Å²) in [7, 11) is 0. The van der Waals surface area contributed by atoms with Gasteiger partial charge in [0, 0.05) is 6.42 Å². The molecule has 1 aliphatic heterocycles. The summed E-state index contributed by atoms with van der Waals surface area (Å²) >= 11 is 0. The molecule has 0 saturated heterocycles. The summed E-state index contributed by atoms with van der Waals surface area (Å²) in [5.41, 5.74) is 0. The first-order chi connectivity index (χ1) is 4.43. The molecule has 0 N–H and O–H groups in total. The van der Waals surface area contributed by atoms with Gasteiger partial charge in [0.15, 0.2) is 0 Å². The van der Waals surface area contributed by atoms with Gasteiger partial charge in [-0.15, -0.1) is 0 Å². The second-order valence-electron chi connectivity index (χ2n) is 1.77. The van der Waals surface area contributed by atoms with Crippen molar-refractivity contribution in [3.8, 4) is 0 Å². The normalized spacial score (nSPS) is 22.3. The SMILES string of the molecule is CC.CCC1CC=CO1. The Labute approximate surface area is 57.7 Å². The number of hydrogen-bond donors (Lipinski definition) is 0. The zero-order chi connectivity index (χ0) is 7.11. The molecule has 0 aromatic carbocycles. The lowest BCUT2D eigenvalue weighted by molar-refractivity contribution is 0.166. The first-order valence-electron chi connectivity index (χ1n) is 3.74. The van der Waals surface area contributed by atoms with Gasteiger partial charge in [0.1, 0.15) is 6.10 Å². The molecule has 9 heavy (non-hydrogen) atoms. The second-order valence-corrected chi connectivity index (χ2v) is 1.77. The van der Waals surface area contributed by atoms with E-state index in [2.05, 4.69) is 13.0 Å². The van der Waals surface area contributed by atoms with Gasteiger partial charge in [0.05, 0.1) is 6.26 Å². The summed E-state index contributed by atoms with van der Waals surface area (Å²) in [6, 6.07) is 0. The molecule has 0 spiro atoms. The van der Waals surface area contributed by atoms with Crippen molar-refractivity contribution in [2.24, 2.45) is 0 Å². The quantitative estimate of drug-likeness (QED) is 0.527. The number of ether oxygens (including phenoxy) is 1. The van der Waals surface area contributed by atoms with Gasteiger partial charge in [-0.1, -0.05) is 20.8 Å². The summed E-state index contributed by atoms with van der Waals surface area (Å²) in [6.45, 7) is 6.14. The second kappa shape index (κ2) is 5.67. The van der Waals surface area contributed by atoms with E-state index in [1.807, 2.05) is 13.8 Å². The van der Waals surface area contributed by atoms with E-state index < -0.39 is 0 Å². The Bertz CT molecular complexity index is 68.6. The fourth-order valence-electron chi connectivity index (χ4n) is 0.692. The highest BCUT2D eigenvalue weighted by Gasteiger charge is 2.05. The Balaban J connectivity index is 0.000000291. The minimum atomic E-state index is 0.486. The van der Waals surface area contributed by atoms with E-state index in [4.69, 9.17) is 4.74 Å². The lowest BCUT2D eigenvalue weighted by Crippen LogP contribution is -2.00. The van der Waals surface area contributed by atoms with Crippen molar-refractivity contribution >= 4 is 0 Å². The highest BCUT2D eigenvalue weighted by Crippen LogP contribution is 2.10. The van der Waals surface area contributed by atoms with Crippen LogP contribution in [0.25, 0.3) is 0 Å². The maximum atomic E-state index is 5.12. The van der Waals surface area contributed by atoms with Crippen LogP contribution < -0.4 is 0 Å². The molecule has 1 rings (SSSR count). The Morgan fingerprint density at radius 3 is 2.44 bits per heavy atom. The molecule has 0 aliphatic carbocycles. The molecule has 0 bridgehead atoms. The summed E-state index contributed by atoms with van der Waals surface area (Å²) in [5, 5.41) is 0. The van der Waals surface area contributed by atoms with Crippen molar-refractivity contribution < 1.29 is 4.74 Å². The molecule has 1 aliphatic rings. The molecule has 0 saturated carbocycles. The Morgan fingerprint density at radius 2 is 2.22 bits per heavy atom. The maximum absolute atomic E-state index is 5.12. The van der Waals surface area contributed by atoms with E-state index in [-0.39, 0.29) is 0 Å². The van der Waals surface area contributed by atoms with Gasteiger partial charge in [-0.25, -0.2) is 0 Å². The molecule has 0 amide bonds. The van der Waals surface area contributed by atoms with Crippen molar-refractivity contribution in [1.82, 2.24) is 0 Å². The predicted octanol–water partition coefficient (Wildman–Crippen LogP) is 2.73. The summed E-state index contributed by atoms with van der Waals surface area (Å²) in [6.07, 6.45) is 6.58. The van der Waals surface area contributed by atoms with Crippen LogP contribution in [0.3, 0.4) is 0 Å². The van der Waals surface area contributed by atoms with Crippen LogP contribution in [0, 0.1) is 0 Å². The van der Waals surface area contributed by atoms with Crippen LogP contribution in [0.1, 0.15) is 33.6 Å².